The van der Waals surface area contributed by atoms with Crippen molar-refractivity contribution in [2.75, 3.05) is 6.61 Å². The van der Waals surface area contributed by atoms with Crippen LogP contribution in [0.2, 0.25) is 0 Å². The maximum Gasteiger partial charge on any atom is 0.225 e. The van der Waals surface area contributed by atoms with E-state index in [0.29, 0.717) is 0 Å². The summed E-state index contributed by atoms with van der Waals surface area (Å²) in [5, 5.41) is 28.0. The van der Waals surface area contributed by atoms with Gasteiger partial charge in [-0.3, -0.25) is 9.69 Å². The lowest BCUT2D eigenvalue weighted by Gasteiger charge is -2.25. The molecule has 1 fully saturated rings. The third-order valence-corrected chi connectivity index (χ3v) is 2.86. The van der Waals surface area contributed by atoms with Crippen LogP contribution in [-0.4, -0.2) is 46.1 Å². The lowest BCUT2D eigenvalue weighted by molar-refractivity contribution is -0.139. The maximum atomic E-state index is 11.6. The average molecular weight is 266 g/mol. The number of carbonyl (C=O) groups is 1. The molecule has 104 valence electrons. The molecule has 0 spiro atoms. The molecule has 1 unspecified atom stereocenters. The molecule has 1 saturated heterocycles. The van der Waals surface area contributed by atoms with Crippen molar-refractivity contribution < 1.29 is 19.7 Å². The van der Waals surface area contributed by atoms with Crippen LogP contribution in [0.15, 0.2) is 24.4 Å². The number of hydrogen-bond donors (Lipinski definition) is 2. The number of amides is 1. The number of ether oxygens (including phenoxy) is 1. The predicted molar refractivity (Wildman–Crippen MR) is 67.3 cm³/mol. The first-order valence-corrected chi connectivity index (χ1v) is 5.89. The van der Waals surface area contributed by atoms with Crippen LogP contribution in [0.1, 0.15) is 13.8 Å². The first-order chi connectivity index (χ1) is 8.92. The number of hydrogen-bond acceptors (Lipinski definition) is 5. The Hall–Kier alpha value is -1.68. The van der Waals surface area contributed by atoms with E-state index < -0.39 is 31.0 Å². The Labute approximate surface area is 112 Å². The van der Waals surface area contributed by atoms with Crippen LogP contribution >= 0.6 is 0 Å². The van der Waals surface area contributed by atoms with Gasteiger partial charge in [-0.25, -0.2) is 0 Å². The van der Waals surface area contributed by atoms with Gasteiger partial charge in [0, 0.05) is 13.1 Å². The minimum absolute atomic E-state index is 0.325. The fourth-order valence-electron chi connectivity index (χ4n) is 1.85. The van der Waals surface area contributed by atoms with Crippen LogP contribution in [0, 0.1) is 17.2 Å². The van der Waals surface area contributed by atoms with E-state index in [1.165, 1.54) is 18.0 Å². The Morgan fingerprint density at radius 1 is 1.58 bits per heavy atom. The van der Waals surface area contributed by atoms with Crippen molar-refractivity contribution >= 4 is 5.91 Å². The van der Waals surface area contributed by atoms with Gasteiger partial charge in [-0.2, -0.15) is 5.26 Å². The van der Waals surface area contributed by atoms with E-state index in [4.69, 9.17) is 15.1 Å². The summed E-state index contributed by atoms with van der Waals surface area (Å²) in [6.45, 7) is 6.36. The highest BCUT2D eigenvalue weighted by molar-refractivity contribution is 5.74. The zero-order valence-electron chi connectivity index (χ0n) is 11.0. The van der Waals surface area contributed by atoms with Crippen LogP contribution < -0.4 is 0 Å². The molecule has 0 aliphatic carbocycles. The van der Waals surface area contributed by atoms with Gasteiger partial charge < -0.3 is 14.9 Å². The molecule has 1 aliphatic rings. The van der Waals surface area contributed by atoms with Crippen LogP contribution in [-0.2, 0) is 9.53 Å². The van der Waals surface area contributed by atoms with Crippen LogP contribution in [0.3, 0.4) is 0 Å². The van der Waals surface area contributed by atoms with Gasteiger partial charge in [-0.1, -0.05) is 12.2 Å². The largest absolute Gasteiger partial charge is 0.394 e. The summed E-state index contributed by atoms with van der Waals surface area (Å²) in [6.07, 6.45) is 0.171. The monoisotopic (exact) mass is 266 g/mol. The van der Waals surface area contributed by atoms with E-state index >= 15 is 0 Å². The average Bonchev–Trinajstić information content (AvgIpc) is 2.65. The SMILES string of the molecule is C=C(C)/C=C\N(C(C)=O)C1O[C@H](CO)[C@@H](O)[C@@H]1C#N. The van der Waals surface area contributed by atoms with Gasteiger partial charge in [-0.15, -0.1) is 0 Å². The normalized spacial score (nSPS) is 30.3. The second-order valence-corrected chi connectivity index (χ2v) is 4.48. The van der Waals surface area contributed by atoms with Crippen molar-refractivity contribution in [3.63, 3.8) is 0 Å². The van der Waals surface area contributed by atoms with E-state index in [1.54, 1.807) is 13.0 Å². The molecule has 19 heavy (non-hydrogen) atoms. The number of aliphatic hydroxyl groups excluding tert-OH is 2. The molecule has 0 aromatic carbocycles. The van der Waals surface area contributed by atoms with Crippen molar-refractivity contribution in [1.82, 2.24) is 4.90 Å². The molecule has 1 rings (SSSR count). The van der Waals surface area contributed by atoms with E-state index in [-0.39, 0.29) is 5.91 Å². The summed E-state index contributed by atoms with van der Waals surface area (Å²) in [4.78, 5) is 12.8. The highest BCUT2D eigenvalue weighted by atomic mass is 16.5. The number of rotatable bonds is 4. The number of carbonyl (C=O) groups excluding carboxylic acids is 1. The Balaban J connectivity index is 2.99. The fourth-order valence-corrected chi connectivity index (χ4v) is 1.85. The molecule has 0 aromatic rings. The third kappa shape index (κ3) is 3.41. The number of allylic oxidation sites excluding steroid dienone is 2. The van der Waals surface area contributed by atoms with Gasteiger partial charge in [-0.05, 0) is 13.0 Å². The summed E-state index contributed by atoms with van der Waals surface area (Å²) >= 11 is 0. The molecule has 0 saturated carbocycles. The smallest absolute Gasteiger partial charge is 0.225 e. The third-order valence-electron chi connectivity index (χ3n) is 2.86. The Kier molecular flexibility index (Phi) is 5.24. The number of aliphatic hydroxyl groups is 2. The predicted octanol–water partition coefficient (Wildman–Crippen LogP) is 0.143. The molecule has 1 amide bonds. The fraction of sp³-hybridized carbons (Fsp3) is 0.538. The van der Waals surface area contributed by atoms with Gasteiger partial charge >= 0.3 is 0 Å². The Morgan fingerprint density at radius 3 is 2.63 bits per heavy atom. The quantitative estimate of drug-likeness (QED) is 0.706. The van der Waals surface area contributed by atoms with Crippen molar-refractivity contribution in [3.8, 4) is 6.07 Å². The summed E-state index contributed by atoms with van der Waals surface area (Å²) in [5.74, 6) is -1.23. The molecule has 2 N–H and O–H groups in total. The van der Waals surface area contributed by atoms with Gasteiger partial charge in [0.05, 0.1) is 12.7 Å². The molecule has 6 nitrogen and oxygen atoms in total. The van der Waals surface area contributed by atoms with Gasteiger partial charge in [0.15, 0.2) is 6.23 Å². The van der Waals surface area contributed by atoms with Crippen LogP contribution in [0.4, 0.5) is 0 Å². The summed E-state index contributed by atoms with van der Waals surface area (Å²) in [7, 11) is 0. The minimum atomic E-state index is -1.12. The summed E-state index contributed by atoms with van der Waals surface area (Å²) in [6, 6.07) is 1.91. The molecule has 0 aromatic heterocycles. The maximum absolute atomic E-state index is 11.6. The van der Waals surface area contributed by atoms with E-state index in [9.17, 15) is 9.90 Å². The first-order valence-electron chi connectivity index (χ1n) is 5.89. The van der Waals surface area contributed by atoms with Crippen LogP contribution in [0.25, 0.3) is 0 Å². The van der Waals surface area contributed by atoms with Gasteiger partial charge in [0.25, 0.3) is 0 Å². The lowest BCUT2D eigenvalue weighted by atomic mass is 10.0. The van der Waals surface area contributed by atoms with E-state index in [1.807, 2.05) is 6.07 Å². The zero-order chi connectivity index (χ0) is 14.6. The Morgan fingerprint density at radius 2 is 2.21 bits per heavy atom. The number of nitriles is 1. The van der Waals surface area contributed by atoms with Crippen molar-refractivity contribution in [2.24, 2.45) is 5.92 Å². The van der Waals surface area contributed by atoms with Crippen LogP contribution in [0.5, 0.6) is 0 Å². The molecule has 0 bridgehead atoms. The zero-order valence-corrected chi connectivity index (χ0v) is 11.0. The molecule has 4 atom stereocenters. The summed E-state index contributed by atoms with van der Waals surface area (Å²) < 4.78 is 5.38. The van der Waals surface area contributed by atoms with E-state index in [0.717, 1.165) is 5.57 Å². The molecule has 6 heteroatoms. The Bertz CT molecular complexity index is 427. The standard InChI is InChI=1S/C13H18N2O4/c1-8(2)4-5-15(9(3)17)13-10(6-14)12(18)11(7-16)19-13/h4-5,10-13,16,18H,1,7H2,2-3H3/b5-4-/t10-,11+,12-,13?/m0/s1. The lowest BCUT2D eigenvalue weighted by Crippen LogP contribution is -2.39. The molecule has 1 heterocycles. The molecular weight excluding hydrogens is 248 g/mol. The molecule has 1 aliphatic heterocycles. The molecule has 0 radical (unpaired) electrons. The second kappa shape index (κ2) is 6.48. The highest BCUT2D eigenvalue weighted by Crippen LogP contribution is 2.29. The van der Waals surface area contributed by atoms with Gasteiger partial charge in [0.2, 0.25) is 5.91 Å². The van der Waals surface area contributed by atoms with Crippen molar-refractivity contribution in [2.45, 2.75) is 32.3 Å². The van der Waals surface area contributed by atoms with E-state index in [2.05, 4.69) is 6.58 Å². The first kappa shape index (κ1) is 15.4. The summed E-state index contributed by atoms with van der Waals surface area (Å²) in [5.41, 5.74) is 0.733. The number of nitrogens with zero attached hydrogens (tertiary/aromatic N) is 2. The van der Waals surface area contributed by atoms with Crippen molar-refractivity contribution in [1.29, 1.82) is 5.26 Å². The topological polar surface area (TPSA) is 93.8 Å². The van der Waals surface area contributed by atoms with Crippen molar-refractivity contribution in [3.05, 3.63) is 24.4 Å². The van der Waals surface area contributed by atoms with Gasteiger partial charge in [0.1, 0.15) is 18.1 Å². The second-order valence-electron chi connectivity index (χ2n) is 4.48. The highest BCUT2D eigenvalue weighted by Gasteiger charge is 2.46. The molecular formula is C13H18N2O4. The minimum Gasteiger partial charge on any atom is -0.394 e.